The molecule has 0 bridgehead atoms. The number of rotatable bonds is 3. The zero-order valence-corrected chi connectivity index (χ0v) is 8.44. The summed E-state index contributed by atoms with van der Waals surface area (Å²) in [7, 11) is 0. The second kappa shape index (κ2) is 3.96. The predicted octanol–water partition coefficient (Wildman–Crippen LogP) is 0.679. The molecule has 2 heterocycles. The molecule has 0 radical (unpaired) electrons. The van der Waals surface area contributed by atoms with Gasteiger partial charge in [0.05, 0.1) is 0 Å². The van der Waals surface area contributed by atoms with Crippen molar-refractivity contribution in [2.24, 2.45) is 0 Å². The average molecular weight is 196 g/mol. The van der Waals surface area contributed by atoms with Gasteiger partial charge in [0.1, 0.15) is 0 Å². The van der Waals surface area contributed by atoms with Gasteiger partial charge in [-0.3, -0.25) is 0 Å². The van der Waals surface area contributed by atoms with Crippen molar-refractivity contribution in [2.75, 3.05) is 18.8 Å². The van der Waals surface area contributed by atoms with Crippen LogP contribution in [0, 0.1) is 0 Å². The summed E-state index contributed by atoms with van der Waals surface area (Å²) in [6.07, 6.45) is 3.32. The van der Waals surface area contributed by atoms with Gasteiger partial charge in [-0.05, 0) is 31.1 Å². The normalized spacial score (nSPS) is 23.1. The summed E-state index contributed by atoms with van der Waals surface area (Å²) in [5.41, 5.74) is 5.39. The van der Waals surface area contributed by atoms with Crippen molar-refractivity contribution in [1.82, 2.24) is 15.0 Å². The number of likely N-dealkylation sites (N-methyl/N-ethyl adjacent to an activating group) is 1. The molecule has 0 spiro atoms. The monoisotopic (exact) mass is 196 g/mol. The van der Waals surface area contributed by atoms with Gasteiger partial charge >= 0.3 is 0 Å². The number of likely N-dealkylation sites (tertiary alicyclic amines) is 1. The summed E-state index contributed by atoms with van der Waals surface area (Å²) in [4.78, 5) is 6.46. The highest BCUT2D eigenvalue weighted by molar-refractivity contribution is 5.10. The van der Waals surface area contributed by atoms with Crippen LogP contribution < -0.4 is 5.73 Å². The van der Waals surface area contributed by atoms with E-state index in [1.165, 1.54) is 19.4 Å². The van der Waals surface area contributed by atoms with Crippen LogP contribution in [0.2, 0.25) is 0 Å². The van der Waals surface area contributed by atoms with E-state index in [1.54, 1.807) is 0 Å². The highest BCUT2D eigenvalue weighted by atomic mass is 16.5. The summed E-state index contributed by atoms with van der Waals surface area (Å²) in [5, 5.41) is 3.58. The van der Waals surface area contributed by atoms with Gasteiger partial charge in [0, 0.05) is 12.5 Å². The van der Waals surface area contributed by atoms with Crippen molar-refractivity contribution in [3.05, 3.63) is 5.89 Å². The van der Waals surface area contributed by atoms with Crippen LogP contribution in [-0.2, 0) is 6.42 Å². The smallest absolute Gasteiger partial charge is 0.260 e. The third-order valence-electron chi connectivity index (χ3n) is 2.80. The fourth-order valence-electron chi connectivity index (χ4n) is 2.10. The van der Waals surface area contributed by atoms with Gasteiger partial charge in [-0.1, -0.05) is 6.92 Å². The number of nitrogens with two attached hydrogens (primary N) is 1. The Kier molecular flexibility index (Phi) is 2.67. The van der Waals surface area contributed by atoms with Gasteiger partial charge in [-0.15, -0.1) is 0 Å². The van der Waals surface area contributed by atoms with E-state index < -0.39 is 0 Å². The largest absolute Gasteiger partial charge is 0.365 e. The lowest BCUT2D eigenvalue weighted by atomic mass is 10.1. The summed E-state index contributed by atoms with van der Waals surface area (Å²) in [5.74, 6) is 0.897. The number of aromatic nitrogens is 2. The Morgan fingerprint density at radius 1 is 1.64 bits per heavy atom. The first-order valence-electron chi connectivity index (χ1n) is 5.11. The minimum atomic E-state index is 0.237. The van der Waals surface area contributed by atoms with Crippen molar-refractivity contribution < 1.29 is 4.52 Å². The van der Waals surface area contributed by atoms with Gasteiger partial charge in [-0.25, -0.2) is 0 Å². The molecule has 1 fully saturated rings. The van der Waals surface area contributed by atoms with Gasteiger partial charge in [-0.2, -0.15) is 4.98 Å². The first-order valence-corrected chi connectivity index (χ1v) is 5.11. The van der Waals surface area contributed by atoms with Crippen LogP contribution >= 0.6 is 0 Å². The molecule has 5 heteroatoms. The second-order valence-corrected chi connectivity index (χ2v) is 3.68. The molecule has 1 unspecified atom stereocenters. The van der Waals surface area contributed by atoms with Crippen LogP contribution in [0.5, 0.6) is 0 Å². The van der Waals surface area contributed by atoms with Crippen LogP contribution in [0.25, 0.3) is 0 Å². The highest BCUT2D eigenvalue weighted by Crippen LogP contribution is 2.19. The molecule has 14 heavy (non-hydrogen) atoms. The average Bonchev–Trinajstić information content (AvgIpc) is 2.76. The number of hydrogen-bond donors (Lipinski definition) is 1. The molecule has 78 valence electrons. The minimum Gasteiger partial charge on any atom is -0.365 e. The Morgan fingerprint density at radius 3 is 3.14 bits per heavy atom. The SMILES string of the molecule is CCN1CCCC1Cc1nc(N)no1. The fraction of sp³-hybridized carbons (Fsp3) is 0.778. The molecule has 1 atom stereocenters. The molecule has 0 aromatic carbocycles. The van der Waals surface area contributed by atoms with Gasteiger partial charge in [0.25, 0.3) is 5.95 Å². The molecule has 0 amide bonds. The molecule has 2 N–H and O–H groups in total. The lowest BCUT2D eigenvalue weighted by Gasteiger charge is -2.20. The van der Waals surface area contributed by atoms with Crippen molar-refractivity contribution in [3.63, 3.8) is 0 Å². The van der Waals surface area contributed by atoms with E-state index in [0.29, 0.717) is 11.9 Å². The lowest BCUT2D eigenvalue weighted by molar-refractivity contribution is 0.246. The Hall–Kier alpha value is -1.10. The van der Waals surface area contributed by atoms with Crippen LogP contribution in [0.15, 0.2) is 4.52 Å². The van der Waals surface area contributed by atoms with Crippen LogP contribution in [-0.4, -0.2) is 34.2 Å². The molecule has 1 aliphatic rings. The number of hydrogen-bond acceptors (Lipinski definition) is 5. The topological polar surface area (TPSA) is 68.2 Å². The maximum atomic E-state index is 5.39. The van der Waals surface area contributed by atoms with Crippen molar-refractivity contribution in [1.29, 1.82) is 0 Å². The van der Waals surface area contributed by atoms with Crippen molar-refractivity contribution in [3.8, 4) is 0 Å². The molecule has 1 saturated heterocycles. The molecule has 1 aromatic heterocycles. The molecule has 0 aliphatic carbocycles. The Morgan fingerprint density at radius 2 is 2.50 bits per heavy atom. The van der Waals surface area contributed by atoms with Crippen LogP contribution in [0.4, 0.5) is 5.95 Å². The first kappa shape index (κ1) is 9.45. The Labute approximate surface area is 83.3 Å². The van der Waals surface area contributed by atoms with Crippen LogP contribution in [0.3, 0.4) is 0 Å². The van der Waals surface area contributed by atoms with Crippen LogP contribution in [0.1, 0.15) is 25.7 Å². The van der Waals surface area contributed by atoms with Gasteiger partial charge in [0.15, 0.2) is 0 Å². The van der Waals surface area contributed by atoms with Gasteiger partial charge in [0.2, 0.25) is 5.89 Å². The van der Waals surface area contributed by atoms with Gasteiger partial charge < -0.3 is 15.2 Å². The van der Waals surface area contributed by atoms with E-state index in [-0.39, 0.29) is 5.95 Å². The molecular weight excluding hydrogens is 180 g/mol. The van der Waals surface area contributed by atoms with Crippen molar-refractivity contribution >= 4 is 5.95 Å². The zero-order chi connectivity index (χ0) is 9.97. The first-order chi connectivity index (χ1) is 6.79. The summed E-state index contributed by atoms with van der Waals surface area (Å²) in [6.45, 7) is 4.46. The molecule has 1 aromatic rings. The molecule has 1 aliphatic heterocycles. The summed E-state index contributed by atoms with van der Waals surface area (Å²) < 4.78 is 5.01. The van der Waals surface area contributed by atoms with E-state index >= 15 is 0 Å². The summed E-state index contributed by atoms with van der Waals surface area (Å²) in [6, 6.07) is 0.555. The number of nitrogens with zero attached hydrogens (tertiary/aromatic N) is 3. The van der Waals surface area contributed by atoms with Crippen molar-refractivity contribution in [2.45, 2.75) is 32.2 Å². The van der Waals surface area contributed by atoms with E-state index in [4.69, 9.17) is 10.3 Å². The number of anilines is 1. The maximum absolute atomic E-state index is 5.39. The Bertz CT molecular complexity index is 299. The second-order valence-electron chi connectivity index (χ2n) is 3.68. The minimum absolute atomic E-state index is 0.237. The zero-order valence-electron chi connectivity index (χ0n) is 8.44. The predicted molar refractivity (Wildman–Crippen MR) is 52.7 cm³/mol. The van der Waals surface area contributed by atoms with E-state index in [1.807, 2.05) is 0 Å². The standard InChI is InChI=1S/C9H16N4O/c1-2-13-5-3-4-7(13)6-8-11-9(10)12-14-8/h7H,2-6H2,1H3,(H2,10,12). The number of nitrogen functional groups attached to an aromatic ring is 1. The quantitative estimate of drug-likeness (QED) is 0.769. The third-order valence-corrected chi connectivity index (χ3v) is 2.80. The molecule has 0 saturated carbocycles. The lowest BCUT2D eigenvalue weighted by Crippen LogP contribution is -2.30. The maximum Gasteiger partial charge on any atom is 0.260 e. The molecule has 2 rings (SSSR count). The van der Waals surface area contributed by atoms with E-state index in [0.717, 1.165) is 13.0 Å². The third kappa shape index (κ3) is 1.87. The fourth-order valence-corrected chi connectivity index (χ4v) is 2.10. The van der Waals surface area contributed by atoms with E-state index in [2.05, 4.69) is 22.0 Å². The van der Waals surface area contributed by atoms with E-state index in [9.17, 15) is 0 Å². The Balaban J connectivity index is 1.96. The molecule has 5 nitrogen and oxygen atoms in total. The molecular formula is C9H16N4O. The highest BCUT2D eigenvalue weighted by Gasteiger charge is 2.24. The summed E-state index contributed by atoms with van der Waals surface area (Å²) >= 11 is 0.